The molecule has 0 aliphatic rings. The molecular weight excluding hydrogens is 296 g/mol. The molecule has 2 aromatic carbocycles. The molecule has 120 valence electrons. The van der Waals surface area contributed by atoms with Crippen LogP contribution >= 0.6 is 0 Å². The minimum atomic E-state index is 0.906. The van der Waals surface area contributed by atoms with Gasteiger partial charge in [0.2, 0.25) is 0 Å². The summed E-state index contributed by atoms with van der Waals surface area (Å²) in [7, 11) is 3.95. The third-order valence-electron chi connectivity index (χ3n) is 4.78. The lowest BCUT2D eigenvalue weighted by Crippen LogP contribution is -2.27. The van der Waals surface area contributed by atoms with Crippen molar-refractivity contribution in [2.75, 3.05) is 7.05 Å². The molecule has 0 spiro atoms. The van der Waals surface area contributed by atoms with Gasteiger partial charge in [-0.3, -0.25) is 4.99 Å². The Morgan fingerprint density at radius 3 is 2.58 bits per heavy atom. The summed E-state index contributed by atoms with van der Waals surface area (Å²) in [5.41, 5.74) is 4.20. The van der Waals surface area contributed by atoms with Crippen molar-refractivity contribution in [3.8, 4) is 0 Å². The van der Waals surface area contributed by atoms with Crippen LogP contribution < -0.4 is 16.0 Å². The van der Waals surface area contributed by atoms with Gasteiger partial charge in [0.15, 0.2) is 0 Å². The van der Waals surface area contributed by atoms with Crippen LogP contribution in [0.4, 0.5) is 0 Å². The van der Waals surface area contributed by atoms with Gasteiger partial charge in [0, 0.05) is 30.1 Å². The third-order valence-corrected chi connectivity index (χ3v) is 4.78. The fourth-order valence-electron chi connectivity index (χ4n) is 3.64. The van der Waals surface area contributed by atoms with E-state index in [1.165, 1.54) is 27.2 Å². The van der Waals surface area contributed by atoms with Crippen LogP contribution in [-0.4, -0.2) is 11.6 Å². The van der Waals surface area contributed by atoms with Crippen molar-refractivity contribution in [1.29, 1.82) is 0 Å². The summed E-state index contributed by atoms with van der Waals surface area (Å²) >= 11 is 0. The Bertz CT molecular complexity index is 1290. The molecule has 0 saturated heterocycles. The van der Waals surface area contributed by atoms with Gasteiger partial charge in [-0.1, -0.05) is 24.3 Å². The largest absolute Gasteiger partial charge is 0.456 e. The van der Waals surface area contributed by atoms with Crippen LogP contribution in [-0.2, 0) is 7.05 Å². The Labute approximate surface area is 139 Å². The smallest absolute Gasteiger partial charge is 0.137 e. The lowest BCUT2D eigenvalue weighted by atomic mass is 10.0. The number of nitrogens with zero attached hydrogens (tertiary/aromatic N) is 2. The molecule has 24 heavy (non-hydrogen) atoms. The number of hydrogen-bond acceptors (Lipinski definition) is 2. The maximum Gasteiger partial charge on any atom is 0.137 e. The lowest BCUT2D eigenvalue weighted by molar-refractivity contribution is 0.561. The molecule has 0 amide bonds. The maximum absolute atomic E-state index is 6.17. The minimum absolute atomic E-state index is 0.906. The summed E-state index contributed by atoms with van der Waals surface area (Å²) < 4.78 is 8.43. The summed E-state index contributed by atoms with van der Waals surface area (Å²) in [5, 5.41) is 5.72. The highest BCUT2D eigenvalue weighted by Crippen LogP contribution is 2.30. The fourth-order valence-corrected chi connectivity index (χ4v) is 3.64. The van der Waals surface area contributed by atoms with E-state index in [2.05, 4.69) is 59.9 Å². The van der Waals surface area contributed by atoms with E-state index in [9.17, 15) is 0 Å². The van der Waals surface area contributed by atoms with E-state index in [-0.39, 0.29) is 0 Å². The number of benzene rings is 2. The molecule has 4 aromatic rings. The van der Waals surface area contributed by atoms with Crippen molar-refractivity contribution in [2.45, 2.75) is 13.8 Å². The average Bonchev–Trinajstić information content (AvgIpc) is 2.64. The van der Waals surface area contributed by atoms with Crippen LogP contribution in [0.3, 0.4) is 0 Å². The van der Waals surface area contributed by atoms with Gasteiger partial charge in [-0.05, 0) is 43.5 Å². The van der Waals surface area contributed by atoms with Crippen LogP contribution in [0.15, 0.2) is 45.8 Å². The normalized spacial score (nSPS) is 14.6. The van der Waals surface area contributed by atoms with Gasteiger partial charge in [0.1, 0.15) is 11.0 Å². The summed E-state index contributed by atoms with van der Waals surface area (Å²) in [6.45, 7) is 4.07. The third kappa shape index (κ3) is 1.88. The Morgan fingerprint density at radius 2 is 1.88 bits per heavy atom. The summed E-state index contributed by atoms with van der Waals surface area (Å²) in [5.74, 6) is 0. The predicted octanol–water partition coefficient (Wildman–Crippen LogP) is 3.21. The minimum Gasteiger partial charge on any atom is -0.456 e. The first-order valence-corrected chi connectivity index (χ1v) is 8.19. The molecule has 0 aliphatic heterocycles. The van der Waals surface area contributed by atoms with Gasteiger partial charge in [-0.15, -0.1) is 0 Å². The molecule has 0 N–H and O–H groups in total. The second kappa shape index (κ2) is 5.38. The zero-order chi connectivity index (χ0) is 16.8. The summed E-state index contributed by atoms with van der Waals surface area (Å²) in [6.07, 6.45) is 4.15. The molecule has 0 unspecified atom stereocenters. The molecule has 3 heteroatoms. The van der Waals surface area contributed by atoms with Gasteiger partial charge in [-0.25, -0.2) is 0 Å². The van der Waals surface area contributed by atoms with Gasteiger partial charge in [0.05, 0.1) is 16.4 Å². The molecule has 0 radical (unpaired) electrons. The van der Waals surface area contributed by atoms with Gasteiger partial charge < -0.3 is 8.98 Å². The van der Waals surface area contributed by atoms with Crippen LogP contribution in [0.25, 0.3) is 44.9 Å². The lowest BCUT2D eigenvalue weighted by Gasteiger charge is -2.15. The van der Waals surface area contributed by atoms with Crippen LogP contribution in [0.2, 0.25) is 0 Å². The Hall–Kier alpha value is -2.81. The van der Waals surface area contributed by atoms with Crippen LogP contribution in [0, 0.1) is 0 Å². The first kappa shape index (κ1) is 14.8. The van der Waals surface area contributed by atoms with E-state index in [4.69, 9.17) is 4.42 Å². The predicted molar refractivity (Wildman–Crippen MR) is 101 cm³/mol. The quantitative estimate of drug-likeness (QED) is 0.362. The van der Waals surface area contributed by atoms with Gasteiger partial charge in [-0.2, -0.15) is 0 Å². The molecule has 0 saturated carbocycles. The molecule has 0 fully saturated rings. The number of rotatable bonds is 0. The highest BCUT2D eigenvalue weighted by atomic mass is 16.3. The standard InChI is InChI=1S/C21H20N2O/c1-5-14-18(6-2)24-19-9-7-8-16-15-11-10-13(22-3)12-17(15)23(4)21(14)20(16)19/h5-12H,1-4H3. The first-order chi connectivity index (χ1) is 11.7. The van der Waals surface area contributed by atoms with Gasteiger partial charge >= 0.3 is 0 Å². The number of hydrogen-bond donors (Lipinski definition) is 0. The molecule has 0 atom stereocenters. The Balaban J connectivity index is 2.49. The van der Waals surface area contributed by atoms with Crippen molar-refractivity contribution in [2.24, 2.45) is 12.0 Å². The zero-order valence-electron chi connectivity index (χ0n) is 14.4. The van der Waals surface area contributed by atoms with E-state index >= 15 is 0 Å². The van der Waals surface area contributed by atoms with Crippen molar-refractivity contribution in [3.05, 3.63) is 52.4 Å². The first-order valence-electron chi connectivity index (χ1n) is 8.19. The molecule has 2 heterocycles. The van der Waals surface area contributed by atoms with E-state index in [0.29, 0.717) is 0 Å². The topological polar surface area (TPSA) is 30.4 Å². The number of aryl methyl sites for hydroxylation is 1. The van der Waals surface area contributed by atoms with Crippen molar-refractivity contribution in [3.63, 3.8) is 0 Å². The van der Waals surface area contributed by atoms with Crippen molar-refractivity contribution in [1.82, 2.24) is 4.57 Å². The Morgan fingerprint density at radius 1 is 1.04 bits per heavy atom. The molecule has 0 bridgehead atoms. The fraction of sp³-hybridized carbons (Fsp3) is 0.190. The second-order valence-corrected chi connectivity index (χ2v) is 5.97. The molecular formula is C21H20N2O. The second-order valence-electron chi connectivity index (χ2n) is 5.97. The number of pyridine rings is 1. The molecule has 0 aliphatic carbocycles. The maximum atomic E-state index is 6.17. The van der Waals surface area contributed by atoms with Crippen molar-refractivity contribution < 1.29 is 4.42 Å². The van der Waals surface area contributed by atoms with Crippen molar-refractivity contribution >= 4 is 44.9 Å². The molecule has 2 aromatic heterocycles. The highest BCUT2D eigenvalue weighted by Gasteiger charge is 2.13. The monoisotopic (exact) mass is 316 g/mol. The molecule has 3 nitrogen and oxygen atoms in total. The van der Waals surface area contributed by atoms with E-state index in [1.807, 2.05) is 26.1 Å². The SMILES string of the molecule is CC=c1oc2cccc3c4ccc(=NC)cc4n(C)c(c1=CC)c23. The average molecular weight is 316 g/mol. The van der Waals surface area contributed by atoms with E-state index in [1.54, 1.807) is 0 Å². The van der Waals surface area contributed by atoms with Crippen LogP contribution in [0.5, 0.6) is 0 Å². The van der Waals surface area contributed by atoms with Gasteiger partial charge in [0.25, 0.3) is 0 Å². The Kier molecular flexibility index (Phi) is 3.31. The molecule has 4 rings (SSSR count). The number of aromatic nitrogens is 1. The van der Waals surface area contributed by atoms with Crippen LogP contribution in [0.1, 0.15) is 13.8 Å². The summed E-state index contributed by atoms with van der Waals surface area (Å²) in [6, 6.07) is 12.6. The summed E-state index contributed by atoms with van der Waals surface area (Å²) in [4.78, 5) is 4.34. The highest BCUT2D eigenvalue weighted by molar-refractivity contribution is 6.17. The van der Waals surface area contributed by atoms with E-state index < -0.39 is 0 Å². The zero-order valence-corrected chi connectivity index (χ0v) is 14.4. The number of fused-ring (bicyclic) bond motifs is 2. The van der Waals surface area contributed by atoms with E-state index in [0.717, 1.165) is 21.6 Å².